The first kappa shape index (κ1) is 15.3. The highest BCUT2D eigenvalue weighted by molar-refractivity contribution is 5.86. The van der Waals surface area contributed by atoms with Crippen molar-refractivity contribution in [1.29, 1.82) is 0 Å². The maximum absolute atomic E-state index is 12.4. The first-order valence-electron chi connectivity index (χ1n) is 7.48. The van der Waals surface area contributed by atoms with Gasteiger partial charge in [-0.15, -0.1) is 0 Å². The molecule has 0 spiro atoms. The van der Waals surface area contributed by atoms with Gasteiger partial charge in [-0.25, -0.2) is 0 Å². The number of rotatable bonds is 4. The van der Waals surface area contributed by atoms with Crippen molar-refractivity contribution in [2.45, 2.75) is 25.9 Å². The third kappa shape index (κ3) is 3.49. The van der Waals surface area contributed by atoms with E-state index >= 15 is 0 Å². The van der Waals surface area contributed by atoms with Crippen molar-refractivity contribution in [2.24, 2.45) is 5.92 Å². The van der Waals surface area contributed by atoms with Crippen molar-refractivity contribution in [3.05, 3.63) is 0 Å². The van der Waals surface area contributed by atoms with Crippen LogP contribution in [0.3, 0.4) is 0 Å². The second-order valence-corrected chi connectivity index (χ2v) is 5.54. The van der Waals surface area contributed by atoms with E-state index in [1.165, 1.54) is 0 Å². The zero-order valence-electron chi connectivity index (χ0n) is 12.4. The van der Waals surface area contributed by atoms with Crippen LogP contribution < -0.4 is 5.32 Å². The molecule has 2 aliphatic heterocycles. The van der Waals surface area contributed by atoms with Crippen LogP contribution in [-0.4, -0.2) is 74.1 Å². The zero-order chi connectivity index (χ0) is 14.5. The normalized spacial score (nSPS) is 26.6. The first-order valence-corrected chi connectivity index (χ1v) is 7.48. The Morgan fingerprint density at radius 2 is 2.05 bits per heavy atom. The van der Waals surface area contributed by atoms with E-state index in [0.29, 0.717) is 6.61 Å². The molecule has 0 aliphatic carbocycles. The monoisotopic (exact) mass is 283 g/mol. The summed E-state index contributed by atoms with van der Waals surface area (Å²) in [5.41, 5.74) is 0. The number of carbonyl (C=O) groups excluding carboxylic acids is 2. The Morgan fingerprint density at radius 1 is 1.35 bits per heavy atom. The summed E-state index contributed by atoms with van der Waals surface area (Å²) in [6, 6.07) is 0. The molecule has 2 heterocycles. The molecule has 2 amide bonds. The SMILES string of the molecule is CCC1OCCC1C(=O)N(C)CC(=O)N1CCNCC1. The van der Waals surface area contributed by atoms with E-state index in [4.69, 9.17) is 4.74 Å². The van der Waals surface area contributed by atoms with Crippen molar-refractivity contribution in [3.63, 3.8) is 0 Å². The third-order valence-electron chi connectivity index (χ3n) is 4.15. The lowest BCUT2D eigenvalue weighted by Gasteiger charge is -2.30. The lowest BCUT2D eigenvalue weighted by Crippen LogP contribution is -2.50. The minimum Gasteiger partial charge on any atom is -0.377 e. The molecule has 2 saturated heterocycles. The van der Waals surface area contributed by atoms with E-state index in [1.54, 1.807) is 11.9 Å². The maximum Gasteiger partial charge on any atom is 0.242 e. The fourth-order valence-corrected chi connectivity index (χ4v) is 2.91. The molecule has 20 heavy (non-hydrogen) atoms. The fourth-order valence-electron chi connectivity index (χ4n) is 2.91. The Morgan fingerprint density at radius 3 is 2.70 bits per heavy atom. The van der Waals surface area contributed by atoms with Crippen molar-refractivity contribution < 1.29 is 14.3 Å². The number of piperazine rings is 1. The van der Waals surface area contributed by atoms with Gasteiger partial charge in [-0.05, 0) is 12.8 Å². The average Bonchev–Trinajstić information content (AvgIpc) is 2.95. The van der Waals surface area contributed by atoms with E-state index in [0.717, 1.165) is 39.0 Å². The summed E-state index contributed by atoms with van der Waals surface area (Å²) in [5, 5.41) is 3.21. The van der Waals surface area contributed by atoms with Crippen LogP contribution in [0.5, 0.6) is 0 Å². The van der Waals surface area contributed by atoms with Gasteiger partial charge in [0.05, 0.1) is 18.6 Å². The summed E-state index contributed by atoms with van der Waals surface area (Å²) >= 11 is 0. The summed E-state index contributed by atoms with van der Waals surface area (Å²) in [7, 11) is 1.72. The van der Waals surface area contributed by atoms with Crippen LogP contribution in [0.2, 0.25) is 0 Å². The molecule has 0 aromatic rings. The Labute approximate surface area is 120 Å². The van der Waals surface area contributed by atoms with E-state index in [-0.39, 0.29) is 30.4 Å². The van der Waals surface area contributed by atoms with Crippen LogP contribution >= 0.6 is 0 Å². The minimum absolute atomic E-state index is 0.0132. The summed E-state index contributed by atoms with van der Waals surface area (Å²) in [6.07, 6.45) is 1.62. The number of ether oxygens (including phenoxy) is 1. The predicted molar refractivity (Wildman–Crippen MR) is 75.2 cm³/mol. The quantitative estimate of drug-likeness (QED) is 0.769. The summed E-state index contributed by atoms with van der Waals surface area (Å²) in [5.74, 6) is -0.00651. The molecule has 0 aromatic carbocycles. The molecule has 2 atom stereocenters. The van der Waals surface area contributed by atoms with Gasteiger partial charge >= 0.3 is 0 Å². The highest BCUT2D eigenvalue weighted by Crippen LogP contribution is 2.25. The van der Waals surface area contributed by atoms with Crippen molar-refractivity contribution in [1.82, 2.24) is 15.1 Å². The molecule has 0 saturated carbocycles. The van der Waals surface area contributed by atoms with E-state index in [9.17, 15) is 9.59 Å². The predicted octanol–water partition coefficient (Wildman–Crippen LogP) is -0.308. The molecular formula is C14H25N3O3. The van der Waals surface area contributed by atoms with Gasteiger partial charge in [-0.1, -0.05) is 6.92 Å². The number of nitrogens with zero attached hydrogens (tertiary/aromatic N) is 2. The highest BCUT2D eigenvalue weighted by atomic mass is 16.5. The van der Waals surface area contributed by atoms with Gasteiger partial charge in [0.2, 0.25) is 11.8 Å². The standard InChI is InChI=1S/C14H25N3O3/c1-3-12-11(4-9-20-12)14(19)16(2)10-13(18)17-7-5-15-6-8-17/h11-12,15H,3-10H2,1-2H3. The first-order chi connectivity index (χ1) is 9.63. The molecule has 0 aromatic heterocycles. The van der Waals surface area contributed by atoms with Gasteiger partial charge < -0.3 is 19.9 Å². The van der Waals surface area contributed by atoms with Crippen molar-refractivity contribution >= 4 is 11.8 Å². The molecule has 114 valence electrons. The van der Waals surface area contributed by atoms with Gasteiger partial charge in [0.15, 0.2) is 0 Å². The molecule has 0 bridgehead atoms. The van der Waals surface area contributed by atoms with Crippen LogP contribution in [-0.2, 0) is 14.3 Å². The molecule has 6 heteroatoms. The van der Waals surface area contributed by atoms with Crippen molar-refractivity contribution in [2.75, 3.05) is 46.4 Å². The lowest BCUT2D eigenvalue weighted by atomic mass is 9.98. The van der Waals surface area contributed by atoms with Crippen LogP contribution in [0.15, 0.2) is 0 Å². The molecule has 2 aliphatic rings. The fraction of sp³-hybridized carbons (Fsp3) is 0.857. The molecule has 2 fully saturated rings. The highest BCUT2D eigenvalue weighted by Gasteiger charge is 2.35. The largest absolute Gasteiger partial charge is 0.377 e. The summed E-state index contributed by atoms with van der Waals surface area (Å²) < 4.78 is 5.56. The van der Waals surface area contributed by atoms with Crippen LogP contribution in [0.4, 0.5) is 0 Å². The van der Waals surface area contributed by atoms with Crippen LogP contribution in [0.25, 0.3) is 0 Å². The van der Waals surface area contributed by atoms with Gasteiger partial charge in [0.1, 0.15) is 0 Å². The Kier molecular flexibility index (Phi) is 5.37. The smallest absolute Gasteiger partial charge is 0.242 e. The Balaban J connectivity index is 1.85. The molecule has 1 N–H and O–H groups in total. The van der Waals surface area contributed by atoms with E-state index in [2.05, 4.69) is 5.32 Å². The number of amides is 2. The topological polar surface area (TPSA) is 61.9 Å². The second-order valence-electron chi connectivity index (χ2n) is 5.54. The molecule has 6 nitrogen and oxygen atoms in total. The van der Waals surface area contributed by atoms with Crippen LogP contribution in [0.1, 0.15) is 19.8 Å². The van der Waals surface area contributed by atoms with Crippen molar-refractivity contribution in [3.8, 4) is 0 Å². The lowest BCUT2D eigenvalue weighted by molar-refractivity contribution is -0.143. The number of likely N-dealkylation sites (N-methyl/N-ethyl adjacent to an activating group) is 1. The van der Waals surface area contributed by atoms with E-state index in [1.807, 2.05) is 11.8 Å². The molecular weight excluding hydrogens is 258 g/mol. The maximum atomic E-state index is 12.4. The average molecular weight is 283 g/mol. The number of hydrogen-bond acceptors (Lipinski definition) is 4. The van der Waals surface area contributed by atoms with Gasteiger partial charge in [0, 0.05) is 39.8 Å². The number of carbonyl (C=O) groups is 2. The molecule has 2 unspecified atom stereocenters. The summed E-state index contributed by atoms with van der Waals surface area (Å²) in [6.45, 7) is 5.97. The van der Waals surface area contributed by atoms with Gasteiger partial charge in [0.25, 0.3) is 0 Å². The molecule has 2 rings (SSSR count). The van der Waals surface area contributed by atoms with Gasteiger partial charge in [-0.3, -0.25) is 9.59 Å². The third-order valence-corrected chi connectivity index (χ3v) is 4.15. The number of hydrogen-bond donors (Lipinski definition) is 1. The van der Waals surface area contributed by atoms with Gasteiger partial charge in [-0.2, -0.15) is 0 Å². The number of nitrogens with one attached hydrogen (secondary N) is 1. The zero-order valence-corrected chi connectivity index (χ0v) is 12.4. The van der Waals surface area contributed by atoms with Crippen LogP contribution in [0, 0.1) is 5.92 Å². The molecule has 0 radical (unpaired) electrons. The summed E-state index contributed by atoms with van der Waals surface area (Å²) in [4.78, 5) is 27.9. The Bertz CT molecular complexity index is 356. The minimum atomic E-state index is -0.0826. The van der Waals surface area contributed by atoms with E-state index < -0.39 is 0 Å². The Hall–Kier alpha value is -1.14. The second kappa shape index (κ2) is 7.04.